The standard InChI is InChI=1S/C18H17N3O2S/c1-2-23-18(22)13-5-7-15(8-6-13)20-10-14(9-19)17-21-16(11-24-17)12-3-4-12/h5-8,10-12,20H,2-4H2,1H3. The Balaban J connectivity index is 1.68. The molecule has 6 heteroatoms. The Morgan fingerprint density at radius 3 is 2.83 bits per heavy atom. The number of ether oxygens (including phenoxy) is 1. The molecule has 1 heterocycles. The van der Waals surface area contributed by atoms with E-state index in [0.717, 1.165) is 16.4 Å². The second-order valence-electron chi connectivity index (χ2n) is 5.46. The van der Waals surface area contributed by atoms with Crippen molar-refractivity contribution in [2.45, 2.75) is 25.7 Å². The van der Waals surface area contributed by atoms with Gasteiger partial charge in [0.1, 0.15) is 16.6 Å². The summed E-state index contributed by atoms with van der Waals surface area (Å²) in [6.45, 7) is 2.12. The predicted molar refractivity (Wildman–Crippen MR) is 93.7 cm³/mol. The Labute approximate surface area is 144 Å². The van der Waals surface area contributed by atoms with Crippen molar-refractivity contribution in [3.63, 3.8) is 0 Å². The number of hydrogen-bond donors (Lipinski definition) is 1. The van der Waals surface area contributed by atoms with Gasteiger partial charge in [-0.25, -0.2) is 9.78 Å². The van der Waals surface area contributed by atoms with Gasteiger partial charge in [-0.05, 0) is 44.0 Å². The van der Waals surface area contributed by atoms with Gasteiger partial charge in [0.05, 0.1) is 17.9 Å². The molecular weight excluding hydrogens is 322 g/mol. The first-order valence-corrected chi connectivity index (χ1v) is 8.69. The number of allylic oxidation sites excluding steroid dienone is 1. The lowest BCUT2D eigenvalue weighted by Gasteiger charge is -2.04. The fourth-order valence-electron chi connectivity index (χ4n) is 2.19. The number of esters is 1. The first kappa shape index (κ1) is 16.2. The van der Waals surface area contributed by atoms with Gasteiger partial charge in [-0.15, -0.1) is 11.3 Å². The first-order valence-electron chi connectivity index (χ1n) is 7.81. The van der Waals surface area contributed by atoms with Crippen molar-refractivity contribution in [3.8, 4) is 6.07 Å². The average Bonchev–Trinajstić information content (AvgIpc) is 3.34. The van der Waals surface area contributed by atoms with Crippen LogP contribution in [0.4, 0.5) is 5.69 Å². The normalized spacial score (nSPS) is 14.1. The van der Waals surface area contributed by atoms with E-state index in [9.17, 15) is 10.1 Å². The van der Waals surface area contributed by atoms with Gasteiger partial charge in [-0.2, -0.15) is 5.26 Å². The van der Waals surface area contributed by atoms with Gasteiger partial charge in [-0.3, -0.25) is 0 Å². The Morgan fingerprint density at radius 1 is 1.46 bits per heavy atom. The number of carbonyl (C=O) groups is 1. The number of nitriles is 1. The molecule has 2 aromatic rings. The highest BCUT2D eigenvalue weighted by Gasteiger charge is 2.26. The van der Waals surface area contributed by atoms with Crippen LogP contribution in [0, 0.1) is 11.3 Å². The maximum Gasteiger partial charge on any atom is 0.338 e. The Morgan fingerprint density at radius 2 is 2.21 bits per heavy atom. The fraction of sp³-hybridized carbons (Fsp3) is 0.278. The Hall–Kier alpha value is -2.65. The summed E-state index contributed by atoms with van der Waals surface area (Å²) >= 11 is 1.49. The maximum atomic E-state index is 11.6. The minimum atomic E-state index is -0.340. The van der Waals surface area contributed by atoms with E-state index < -0.39 is 0 Å². The van der Waals surface area contributed by atoms with E-state index in [4.69, 9.17) is 4.74 Å². The molecule has 0 radical (unpaired) electrons. The van der Waals surface area contributed by atoms with Crippen molar-refractivity contribution < 1.29 is 9.53 Å². The summed E-state index contributed by atoms with van der Waals surface area (Å²) in [7, 11) is 0. The molecule has 3 rings (SSSR count). The highest BCUT2D eigenvalue weighted by molar-refractivity contribution is 7.10. The zero-order valence-electron chi connectivity index (χ0n) is 13.3. The molecule has 1 saturated carbocycles. The molecule has 24 heavy (non-hydrogen) atoms. The van der Waals surface area contributed by atoms with Crippen molar-refractivity contribution in [2.75, 3.05) is 11.9 Å². The molecule has 0 saturated heterocycles. The molecule has 0 bridgehead atoms. The van der Waals surface area contributed by atoms with Crippen LogP contribution in [0.2, 0.25) is 0 Å². The molecule has 5 nitrogen and oxygen atoms in total. The highest BCUT2D eigenvalue weighted by Crippen LogP contribution is 2.40. The van der Waals surface area contributed by atoms with Gasteiger partial charge in [0.25, 0.3) is 0 Å². The summed E-state index contributed by atoms with van der Waals surface area (Å²) in [6.07, 6.45) is 4.04. The van der Waals surface area contributed by atoms with E-state index in [0.29, 0.717) is 23.7 Å². The van der Waals surface area contributed by atoms with Gasteiger partial charge in [-0.1, -0.05) is 0 Å². The molecule has 1 N–H and O–H groups in total. The second-order valence-corrected chi connectivity index (χ2v) is 6.32. The average molecular weight is 339 g/mol. The van der Waals surface area contributed by atoms with E-state index >= 15 is 0 Å². The highest BCUT2D eigenvalue weighted by atomic mass is 32.1. The summed E-state index contributed by atoms with van der Waals surface area (Å²) in [5, 5.41) is 15.2. The molecule has 1 aromatic carbocycles. The predicted octanol–water partition coefficient (Wildman–Crippen LogP) is 4.17. The fourth-order valence-corrected chi connectivity index (χ4v) is 3.06. The van der Waals surface area contributed by atoms with Crippen molar-refractivity contribution in [1.29, 1.82) is 5.26 Å². The molecule has 0 unspecified atom stereocenters. The molecule has 0 aliphatic heterocycles. The van der Waals surface area contributed by atoms with Crippen molar-refractivity contribution in [2.24, 2.45) is 0 Å². The smallest absolute Gasteiger partial charge is 0.338 e. The monoisotopic (exact) mass is 339 g/mol. The Bertz CT molecular complexity index is 798. The number of hydrogen-bond acceptors (Lipinski definition) is 6. The molecule has 1 aromatic heterocycles. The zero-order valence-corrected chi connectivity index (χ0v) is 14.1. The lowest BCUT2D eigenvalue weighted by Crippen LogP contribution is -2.04. The number of rotatable bonds is 6. The molecule has 122 valence electrons. The van der Waals surface area contributed by atoms with Crippen LogP contribution in [0.1, 0.15) is 46.7 Å². The largest absolute Gasteiger partial charge is 0.462 e. The summed E-state index contributed by atoms with van der Waals surface area (Å²) in [6, 6.07) is 9.10. The van der Waals surface area contributed by atoms with E-state index in [1.54, 1.807) is 37.4 Å². The second kappa shape index (κ2) is 7.28. The quantitative estimate of drug-likeness (QED) is 0.631. The van der Waals surface area contributed by atoms with E-state index in [1.807, 2.05) is 5.38 Å². The minimum Gasteiger partial charge on any atom is -0.462 e. The molecule has 1 aliphatic carbocycles. The molecular formula is C18H17N3O2S. The summed E-state index contributed by atoms with van der Waals surface area (Å²) in [5.41, 5.74) is 2.88. The third-order valence-corrected chi connectivity index (χ3v) is 4.54. The van der Waals surface area contributed by atoms with Gasteiger partial charge >= 0.3 is 5.97 Å². The number of aromatic nitrogens is 1. The molecule has 1 fully saturated rings. The van der Waals surface area contributed by atoms with Gasteiger partial charge in [0.15, 0.2) is 0 Å². The Kier molecular flexibility index (Phi) is 4.92. The van der Waals surface area contributed by atoms with Crippen LogP contribution < -0.4 is 5.32 Å². The van der Waals surface area contributed by atoms with Gasteiger partial charge < -0.3 is 10.1 Å². The summed E-state index contributed by atoms with van der Waals surface area (Å²) in [5.74, 6) is 0.242. The van der Waals surface area contributed by atoms with Crippen molar-refractivity contribution in [3.05, 3.63) is 52.1 Å². The van der Waals surface area contributed by atoms with Crippen LogP contribution in [-0.2, 0) is 4.74 Å². The zero-order chi connectivity index (χ0) is 16.9. The van der Waals surface area contributed by atoms with Crippen LogP contribution in [0.25, 0.3) is 5.57 Å². The number of carbonyl (C=O) groups excluding carboxylic acids is 1. The number of anilines is 1. The van der Waals surface area contributed by atoms with E-state index in [2.05, 4.69) is 16.4 Å². The van der Waals surface area contributed by atoms with Crippen molar-refractivity contribution in [1.82, 2.24) is 4.98 Å². The SMILES string of the molecule is CCOC(=O)c1ccc(NC=C(C#N)c2nc(C3CC3)cs2)cc1. The number of nitrogens with zero attached hydrogens (tertiary/aromatic N) is 2. The van der Waals surface area contributed by atoms with Crippen LogP contribution in [0.3, 0.4) is 0 Å². The number of benzene rings is 1. The van der Waals surface area contributed by atoms with Gasteiger partial charge in [0.2, 0.25) is 0 Å². The molecule has 0 atom stereocenters. The van der Waals surface area contributed by atoms with Gasteiger partial charge in [0, 0.05) is 23.2 Å². The van der Waals surface area contributed by atoms with Crippen molar-refractivity contribution >= 4 is 28.6 Å². The van der Waals surface area contributed by atoms with Crippen LogP contribution >= 0.6 is 11.3 Å². The van der Waals surface area contributed by atoms with Crippen LogP contribution in [-0.4, -0.2) is 17.6 Å². The number of thiazole rings is 1. The first-order chi connectivity index (χ1) is 11.7. The molecule has 1 aliphatic rings. The lowest BCUT2D eigenvalue weighted by atomic mass is 10.2. The molecule has 0 spiro atoms. The van der Waals surface area contributed by atoms with E-state index in [1.165, 1.54) is 24.2 Å². The third kappa shape index (κ3) is 3.81. The summed E-state index contributed by atoms with van der Waals surface area (Å²) < 4.78 is 4.95. The van der Waals surface area contributed by atoms with Crippen LogP contribution in [0.5, 0.6) is 0 Å². The van der Waals surface area contributed by atoms with E-state index in [-0.39, 0.29) is 5.97 Å². The molecule has 0 amide bonds. The maximum absolute atomic E-state index is 11.6. The lowest BCUT2D eigenvalue weighted by molar-refractivity contribution is 0.0526. The minimum absolute atomic E-state index is 0.340. The topological polar surface area (TPSA) is 75.0 Å². The van der Waals surface area contributed by atoms with Crippen LogP contribution in [0.15, 0.2) is 35.8 Å². The third-order valence-electron chi connectivity index (χ3n) is 3.65. The number of nitrogens with one attached hydrogen (secondary N) is 1. The summed E-state index contributed by atoms with van der Waals surface area (Å²) in [4.78, 5) is 16.2.